The Hall–Kier alpha value is -1.00. The van der Waals surface area contributed by atoms with Crippen molar-refractivity contribution >= 4 is 31.9 Å². The molecule has 0 spiro atoms. The van der Waals surface area contributed by atoms with Gasteiger partial charge in [0.2, 0.25) is 5.03 Å². The number of aromatic nitrogens is 3. The van der Waals surface area contributed by atoms with Crippen LogP contribution in [0.1, 0.15) is 32.1 Å². The number of halogens is 1. The Labute approximate surface area is 124 Å². The number of nitrogens with one attached hydrogen (secondary N) is 1. The summed E-state index contributed by atoms with van der Waals surface area (Å²) in [4.78, 5) is 11.0. The van der Waals surface area contributed by atoms with Crippen LogP contribution in [0.3, 0.4) is 0 Å². The normalized spacial score (nSPS) is 18.3. The Morgan fingerprint density at radius 3 is 2.55 bits per heavy atom. The lowest BCUT2D eigenvalue weighted by Crippen LogP contribution is -2.48. The molecule has 0 radical (unpaired) electrons. The summed E-state index contributed by atoms with van der Waals surface area (Å²) in [7, 11) is -2.42. The van der Waals surface area contributed by atoms with Crippen LogP contribution < -0.4 is 4.72 Å². The summed E-state index contributed by atoms with van der Waals surface area (Å²) >= 11 is 3.04. The second-order valence-electron chi connectivity index (χ2n) is 4.97. The van der Waals surface area contributed by atoms with Gasteiger partial charge >= 0.3 is 5.97 Å². The fourth-order valence-corrected chi connectivity index (χ4v) is 5.15. The maximum absolute atomic E-state index is 12.4. The molecule has 1 saturated carbocycles. The van der Waals surface area contributed by atoms with Crippen LogP contribution in [0.2, 0.25) is 0 Å². The van der Waals surface area contributed by atoms with Gasteiger partial charge in [0.05, 0.1) is 6.42 Å². The fourth-order valence-electron chi connectivity index (χ4n) is 2.60. The van der Waals surface area contributed by atoms with Crippen molar-refractivity contribution in [2.45, 2.75) is 42.7 Å². The number of carbonyl (C=O) groups is 1. The molecule has 0 aliphatic heterocycles. The smallest absolute Gasteiger partial charge is 0.305 e. The van der Waals surface area contributed by atoms with Gasteiger partial charge in [-0.3, -0.25) is 4.79 Å². The van der Waals surface area contributed by atoms with Gasteiger partial charge in [0.1, 0.15) is 0 Å². The minimum Gasteiger partial charge on any atom is -0.481 e. The highest BCUT2D eigenvalue weighted by Crippen LogP contribution is 2.34. The van der Waals surface area contributed by atoms with Crippen molar-refractivity contribution in [2.24, 2.45) is 7.05 Å². The monoisotopic (exact) mass is 366 g/mol. The fraction of sp³-hybridized carbons (Fsp3) is 0.700. The second kappa shape index (κ2) is 5.41. The van der Waals surface area contributed by atoms with Crippen molar-refractivity contribution in [3.05, 3.63) is 4.60 Å². The first-order chi connectivity index (χ1) is 9.26. The van der Waals surface area contributed by atoms with E-state index in [2.05, 4.69) is 31.0 Å². The molecule has 2 rings (SSSR count). The Kier molecular flexibility index (Phi) is 4.17. The van der Waals surface area contributed by atoms with Gasteiger partial charge in [-0.25, -0.2) is 17.8 Å². The minimum atomic E-state index is -3.89. The van der Waals surface area contributed by atoms with E-state index in [1.165, 1.54) is 7.05 Å². The van der Waals surface area contributed by atoms with Gasteiger partial charge in [-0.15, -0.1) is 5.10 Å². The Morgan fingerprint density at radius 2 is 2.10 bits per heavy atom. The highest BCUT2D eigenvalue weighted by molar-refractivity contribution is 9.10. The Morgan fingerprint density at radius 1 is 1.50 bits per heavy atom. The van der Waals surface area contributed by atoms with Crippen LogP contribution in [0.4, 0.5) is 0 Å². The third-order valence-electron chi connectivity index (χ3n) is 3.39. The molecule has 1 heterocycles. The zero-order valence-electron chi connectivity index (χ0n) is 10.8. The summed E-state index contributed by atoms with van der Waals surface area (Å²) in [5, 5.41) is 16.2. The van der Waals surface area contributed by atoms with Crippen molar-refractivity contribution < 1.29 is 18.3 Å². The molecule has 0 aromatic carbocycles. The molecule has 1 aromatic rings. The highest BCUT2D eigenvalue weighted by Gasteiger charge is 2.41. The number of carboxylic acid groups (broad SMARTS) is 1. The predicted octanol–water partition coefficient (Wildman–Crippen LogP) is 0.643. The van der Waals surface area contributed by atoms with Crippen molar-refractivity contribution in [2.75, 3.05) is 0 Å². The summed E-state index contributed by atoms with van der Waals surface area (Å²) in [6, 6.07) is 0. The average molecular weight is 367 g/mol. The Balaban J connectivity index is 2.33. The third kappa shape index (κ3) is 3.01. The first kappa shape index (κ1) is 15.4. The van der Waals surface area contributed by atoms with Crippen LogP contribution in [-0.2, 0) is 21.9 Å². The zero-order valence-corrected chi connectivity index (χ0v) is 13.2. The van der Waals surface area contributed by atoms with Crippen LogP contribution in [0, 0.1) is 0 Å². The van der Waals surface area contributed by atoms with E-state index in [1.54, 1.807) is 0 Å². The maximum Gasteiger partial charge on any atom is 0.305 e. The van der Waals surface area contributed by atoms with Crippen LogP contribution in [0.15, 0.2) is 9.63 Å². The molecule has 1 aromatic heterocycles. The third-order valence-corrected chi connectivity index (χ3v) is 5.86. The summed E-state index contributed by atoms with van der Waals surface area (Å²) in [6.45, 7) is 0. The number of sulfonamides is 1. The number of carboxylic acids is 1. The van der Waals surface area contributed by atoms with Crippen LogP contribution in [-0.4, -0.2) is 40.0 Å². The molecular weight excluding hydrogens is 352 g/mol. The topological polar surface area (TPSA) is 114 Å². The lowest BCUT2D eigenvalue weighted by Gasteiger charge is -2.28. The molecule has 1 aliphatic rings. The van der Waals surface area contributed by atoms with Gasteiger partial charge in [-0.05, 0) is 28.8 Å². The number of nitrogens with zero attached hydrogens (tertiary/aromatic N) is 3. The van der Waals surface area contributed by atoms with Gasteiger partial charge in [-0.2, -0.15) is 0 Å². The lowest BCUT2D eigenvalue weighted by atomic mass is 9.95. The molecule has 2 N–H and O–H groups in total. The van der Waals surface area contributed by atoms with Gasteiger partial charge in [-0.1, -0.05) is 18.1 Å². The van der Waals surface area contributed by atoms with Gasteiger partial charge in [0.25, 0.3) is 10.0 Å². The molecule has 0 unspecified atom stereocenters. The van der Waals surface area contributed by atoms with Gasteiger partial charge < -0.3 is 5.11 Å². The summed E-state index contributed by atoms with van der Waals surface area (Å²) in [5.41, 5.74) is -0.922. The molecule has 1 aliphatic carbocycles. The average Bonchev–Trinajstić information content (AvgIpc) is 2.85. The first-order valence-electron chi connectivity index (χ1n) is 6.07. The number of aliphatic carboxylic acids is 1. The minimum absolute atomic E-state index is 0.103. The highest BCUT2D eigenvalue weighted by atomic mass is 79.9. The van der Waals surface area contributed by atoms with E-state index in [-0.39, 0.29) is 16.0 Å². The summed E-state index contributed by atoms with van der Waals surface area (Å²) in [6.07, 6.45) is 2.42. The molecule has 20 heavy (non-hydrogen) atoms. The number of hydrogen-bond acceptors (Lipinski definition) is 5. The lowest BCUT2D eigenvalue weighted by molar-refractivity contribution is -0.138. The van der Waals surface area contributed by atoms with Crippen LogP contribution >= 0.6 is 15.9 Å². The van der Waals surface area contributed by atoms with Crippen LogP contribution in [0.5, 0.6) is 0 Å². The molecule has 8 nitrogen and oxygen atoms in total. The SMILES string of the molecule is Cn1nnc(Br)c1S(=O)(=O)NC1(CC(=O)O)CCCC1. The number of aryl methyl sites for hydroxylation is 1. The summed E-state index contributed by atoms with van der Waals surface area (Å²) < 4.78 is 28.7. The molecular formula is C10H15BrN4O4S. The predicted molar refractivity (Wildman–Crippen MR) is 72.5 cm³/mol. The van der Waals surface area contributed by atoms with E-state index in [4.69, 9.17) is 5.11 Å². The largest absolute Gasteiger partial charge is 0.481 e. The zero-order chi connectivity index (χ0) is 15.0. The van der Waals surface area contributed by atoms with E-state index in [1.807, 2.05) is 0 Å². The molecule has 0 amide bonds. The van der Waals surface area contributed by atoms with E-state index in [9.17, 15) is 13.2 Å². The molecule has 10 heteroatoms. The molecule has 1 fully saturated rings. The first-order valence-corrected chi connectivity index (χ1v) is 8.34. The molecule has 0 atom stereocenters. The molecule has 0 bridgehead atoms. The standard InChI is InChI=1S/C10H15BrN4O4S/c1-15-9(8(11)12-14-15)20(18,19)13-10(6-7(16)17)4-2-3-5-10/h13H,2-6H2,1H3,(H,16,17). The van der Waals surface area contributed by atoms with Crippen molar-refractivity contribution in [3.8, 4) is 0 Å². The quantitative estimate of drug-likeness (QED) is 0.790. The van der Waals surface area contributed by atoms with Crippen molar-refractivity contribution in [3.63, 3.8) is 0 Å². The number of hydrogen-bond donors (Lipinski definition) is 2. The van der Waals surface area contributed by atoms with E-state index in [0.717, 1.165) is 17.5 Å². The molecule has 0 saturated heterocycles. The van der Waals surface area contributed by atoms with Crippen molar-refractivity contribution in [1.29, 1.82) is 0 Å². The molecule has 112 valence electrons. The summed E-state index contributed by atoms with van der Waals surface area (Å²) in [5.74, 6) is -1.02. The Bertz CT molecular complexity index is 602. The number of rotatable bonds is 5. The maximum atomic E-state index is 12.4. The van der Waals surface area contributed by atoms with Gasteiger partial charge in [0.15, 0.2) is 4.60 Å². The van der Waals surface area contributed by atoms with E-state index < -0.39 is 21.5 Å². The van der Waals surface area contributed by atoms with E-state index in [0.29, 0.717) is 12.8 Å². The van der Waals surface area contributed by atoms with Crippen LogP contribution in [0.25, 0.3) is 0 Å². The second-order valence-corrected chi connectivity index (χ2v) is 7.32. The van der Waals surface area contributed by atoms with Crippen molar-refractivity contribution in [1.82, 2.24) is 19.7 Å². The van der Waals surface area contributed by atoms with E-state index >= 15 is 0 Å². The van der Waals surface area contributed by atoms with Gasteiger partial charge in [0, 0.05) is 12.6 Å².